The fourth-order valence-electron chi connectivity index (χ4n) is 2.42. The summed E-state index contributed by atoms with van der Waals surface area (Å²) < 4.78 is 0. The van der Waals surface area contributed by atoms with E-state index in [1.165, 1.54) is 60.8 Å². The largest absolute Gasteiger partial charge is 0.250 e. The number of rotatable bonds is 6. The molecule has 116 valence electrons. The third-order valence-electron chi connectivity index (χ3n) is 3.72. The van der Waals surface area contributed by atoms with Crippen LogP contribution in [0, 0.1) is 12.2 Å². The Bertz CT molecular complexity index is 368. The summed E-state index contributed by atoms with van der Waals surface area (Å²) in [6, 6.07) is 0. The molecule has 0 aromatic carbocycles. The maximum atomic E-state index is 3.37. The van der Waals surface area contributed by atoms with Crippen LogP contribution >= 0.6 is 0 Å². The van der Waals surface area contributed by atoms with Crippen molar-refractivity contribution in [2.45, 2.75) is 79.1 Å². The van der Waals surface area contributed by atoms with E-state index in [4.69, 9.17) is 0 Å². The van der Waals surface area contributed by atoms with Gasteiger partial charge in [0.2, 0.25) is 0 Å². The van der Waals surface area contributed by atoms with Crippen LogP contribution in [-0.2, 0) is 25.8 Å². The first-order valence-electron chi connectivity index (χ1n) is 8.22. The van der Waals surface area contributed by atoms with Crippen LogP contribution < -0.4 is 0 Å². The van der Waals surface area contributed by atoms with Crippen LogP contribution in [0.15, 0.2) is 34.4 Å². The summed E-state index contributed by atoms with van der Waals surface area (Å²) >= 11 is 0. The SMILES string of the molecule is CCCCC1=[C-]C(C)=CC1.CCCCC1=[C-]C(C)=CC1.[Hf]. The minimum Gasteiger partial charge on any atom is -0.250 e. The second kappa shape index (κ2) is 12.4. The van der Waals surface area contributed by atoms with Gasteiger partial charge in [-0.1, -0.05) is 79.1 Å². The molecule has 0 unspecified atom stereocenters. The first kappa shape index (κ1) is 20.8. The zero-order valence-corrected chi connectivity index (χ0v) is 17.9. The van der Waals surface area contributed by atoms with Gasteiger partial charge in [0.15, 0.2) is 0 Å². The van der Waals surface area contributed by atoms with Crippen LogP contribution in [0.2, 0.25) is 0 Å². The Morgan fingerprint density at radius 3 is 1.43 bits per heavy atom. The molecule has 21 heavy (non-hydrogen) atoms. The number of hydrogen-bond acceptors (Lipinski definition) is 0. The Labute approximate surface area is 151 Å². The second-order valence-corrected chi connectivity index (χ2v) is 5.85. The second-order valence-electron chi connectivity index (χ2n) is 5.85. The summed E-state index contributed by atoms with van der Waals surface area (Å²) in [6.45, 7) is 8.71. The van der Waals surface area contributed by atoms with Gasteiger partial charge in [0.1, 0.15) is 0 Å². The number of allylic oxidation sites excluding steroid dienone is 8. The molecule has 0 aliphatic heterocycles. The van der Waals surface area contributed by atoms with Crippen molar-refractivity contribution in [3.05, 3.63) is 46.6 Å². The van der Waals surface area contributed by atoms with Gasteiger partial charge in [-0.15, -0.1) is 0 Å². The molecule has 2 aliphatic carbocycles. The number of hydrogen-bond donors (Lipinski definition) is 0. The quantitative estimate of drug-likeness (QED) is 0.321. The summed E-state index contributed by atoms with van der Waals surface area (Å²) in [7, 11) is 0. The van der Waals surface area contributed by atoms with Crippen molar-refractivity contribution in [3.63, 3.8) is 0 Å². The molecule has 0 radical (unpaired) electrons. The Morgan fingerprint density at radius 2 is 1.19 bits per heavy atom. The Balaban J connectivity index is 0.000000364. The van der Waals surface area contributed by atoms with Crippen LogP contribution in [-0.4, -0.2) is 0 Å². The molecule has 0 heterocycles. The van der Waals surface area contributed by atoms with E-state index in [2.05, 4.69) is 52.0 Å². The van der Waals surface area contributed by atoms with Crippen molar-refractivity contribution < 1.29 is 25.8 Å². The van der Waals surface area contributed by atoms with Crippen LogP contribution in [0.3, 0.4) is 0 Å². The monoisotopic (exact) mass is 450 g/mol. The zero-order chi connectivity index (χ0) is 14.8. The molecule has 0 spiro atoms. The van der Waals surface area contributed by atoms with E-state index in [-0.39, 0.29) is 25.8 Å². The molecule has 0 N–H and O–H groups in total. The summed E-state index contributed by atoms with van der Waals surface area (Å²) in [5, 5.41) is 0. The average Bonchev–Trinajstić information content (AvgIpc) is 3.03. The topological polar surface area (TPSA) is 0 Å². The molecule has 0 amide bonds. The zero-order valence-electron chi connectivity index (χ0n) is 14.3. The van der Waals surface area contributed by atoms with Crippen LogP contribution in [0.25, 0.3) is 0 Å². The van der Waals surface area contributed by atoms with E-state index in [0.29, 0.717) is 0 Å². The van der Waals surface area contributed by atoms with Gasteiger partial charge in [-0.3, -0.25) is 0 Å². The molecule has 0 nitrogen and oxygen atoms in total. The van der Waals surface area contributed by atoms with Gasteiger partial charge in [0.25, 0.3) is 0 Å². The molecular weight excluding hydrogens is 419 g/mol. The summed E-state index contributed by atoms with van der Waals surface area (Å²) in [5.74, 6) is 0. The minimum absolute atomic E-state index is 0. The Kier molecular flexibility index (Phi) is 12.3. The molecule has 0 atom stereocenters. The Hall–Kier alpha value is -0.170. The van der Waals surface area contributed by atoms with Gasteiger partial charge in [0, 0.05) is 25.8 Å². The summed E-state index contributed by atoms with van der Waals surface area (Å²) in [5.41, 5.74) is 5.65. The molecule has 0 fully saturated rings. The fourth-order valence-corrected chi connectivity index (χ4v) is 2.42. The van der Waals surface area contributed by atoms with Crippen LogP contribution in [0.5, 0.6) is 0 Å². The molecule has 1 heteroatoms. The molecule has 0 bridgehead atoms. The molecule has 0 aromatic rings. The van der Waals surface area contributed by atoms with E-state index >= 15 is 0 Å². The number of unbranched alkanes of at least 4 members (excludes halogenated alkanes) is 2. The predicted octanol–water partition coefficient (Wildman–Crippen LogP) is 6.51. The third kappa shape index (κ3) is 9.45. The van der Waals surface area contributed by atoms with Gasteiger partial charge < -0.3 is 0 Å². The normalized spacial score (nSPS) is 16.2. The van der Waals surface area contributed by atoms with Crippen molar-refractivity contribution in [1.82, 2.24) is 0 Å². The van der Waals surface area contributed by atoms with Gasteiger partial charge in [-0.05, 0) is 0 Å². The summed E-state index contributed by atoms with van der Waals surface area (Å²) in [6.07, 6.45) is 21.3. The Morgan fingerprint density at radius 1 is 0.810 bits per heavy atom. The van der Waals surface area contributed by atoms with Gasteiger partial charge >= 0.3 is 0 Å². The van der Waals surface area contributed by atoms with Crippen molar-refractivity contribution in [1.29, 1.82) is 0 Å². The van der Waals surface area contributed by atoms with Crippen molar-refractivity contribution in [2.75, 3.05) is 0 Å². The maximum absolute atomic E-state index is 3.37. The first-order valence-corrected chi connectivity index (χ1v) is 8.22. The third-order valence-corrected chi connectivity index (χ3v) is 3.72. The van der Waals surface area contributed by atoms with E-state index in [0.717, 1.165) is 12.8 Å². The first-order chi connectivity index (χ1) is 9.65. The van der Waals surface area contributed by atoms with Crippen molar-refractivity contribution in [2.24, 2.45) is 0 Å². The predicted molar refractivity (Wildman–Crippen MR) is 89.3 cm³/mol. The molecule has 0 saturated carbocycles. The smallest absolute Gasteiger partial charge is 0 e. The van der Waals surface area contributed by atoms with Crippen molar-refractivity contribution in [3.8, 4) is 0 Å². The van der Waals surface area contributed by atoms with Crippen LogP contribution in [0.4, 0.5) is 0 Å². The summed E-state index contributed by atoms with van der Waals surface area (Å²) in [4.78, 5) is 0. The van der Waals surface area contributed by atoms with Gasteiger partial charge in [-0.25, -0.2) is 35.5 Å². The van der Waals surface area contributed by atoms with Crippen LogP contribution in [0.1, 0.15) is 79.1 Å². The van der Waals surface area contributed by atoms with Crippen molar-refractivity contribution >= 4 is 0 Å². The molecular formula is C20H30Hf-2. The van der Waals surface area contributed by atoms with E-state index in [1.807, 2.05) is 0 Å². The van der Waals surface area contributed by atoms with E-state index in [1.54, 1.807) is 0 Å². The maximum Gasteiger partial charge on any atom is 0 e. The van der Waals surface area contributed by atoms with E-state index in [9.17, 15) is 0 Å². The molecule has 2 aliphatic rings. The average molecular weight is 449 g/mol. The van der Waals surface area contributed by atoms with E-state index < -0.39 is 0 Å². The van der Waals surface area contributed by atoms with Gasteiger partial charge in [0.05, 0.1) is 0 Å². The molecule has 2 rings (SSSR count). The van der Waals surface area contributed by atoms with Gasteiger partial charge in [-0.2, -0.15) is 11.1 Å². The standard InChI is InChI=1S/2C10H15.Hf/c2*1-3-4-5-10-7-6-9(2)8-10;/h2*6H,3-5,7H2,1-2H3;/q2*-1;. The fraction of sp³-hybridized carbons (Fsp3) is 0.600. The minimum atomic E-state index is 0. The molecule has 0 saturated heterocycles. The molecule has 0 aromatic heterocycles.